The highest BCUT2D eigenvalue weighted by Crippen LogP contribution is 2.30. The van der Waals surface area contributed by atoms with Crippen molar-refractivity contribution in [2.75, 3.05) is 26.0 Å². The van der Waals surface area contributed by atoms with Gasteiger partial charge in [0, 0.05) is 12.2 Å². The van der Waals surface area contributed by atoms with E-state index in [0.717, 1.165) is 16.8 Å². The lowest BCUT2D eigenvalue weighted by molar-refractivity contribution is -0.117. The Morgan fingerprint density at radius 2 is 1.86 bits per heavy atom. The number of nitrogens with one attached hydrogen (secondary N) is 1. The summed E-state index contributed by atoms with van der Waals surface area (Å²) in [5.41, 5.74) is 2.71. The van der Waals surface area contributed by atoms with E-state index < -0.39 is 6.61 Å². The van der Waals surface area contributed by atoms with E-state index in [1.165, 1.54) is 13.2 Å². The van der Waals surface area contributed by atoms with Crippen LogP contribution in [0.25, 0.3) is 0 Å². The van der Waals surface area contributed by atoms with E-state index >= 15 is 0 Å². The number of anilines is 1. The molecule has 0 aliphatic heterocycles. The molecule has 0 atom stereocenters. The van der Waals surface area contributed by atoms with Gasteiger partial charge in [-0.2, -0.15) is 8.78 Å². The number of carbonyl (C=O) groups is 1. The van der Waals surface area contributed by atoms with Crippen LogP contribution in [0.2, 0.25) is 0 Å². The van der Waals surface area contributed by atoms with E-state index in [1.807, 2.05) is 36.2 Å². The molecule has 2 aromatic carbocycles. The molecule has 152 valence electrons. The Hall–Kier alpha value is -2.67. The summed E-state index contributed by atoms with van der Waals surface area (Å²) in [7, 11) is 3.20. The van der Waals surface area contributed by atoms with Gasteiger partial charge in [0.15, 0.2) is 11.5 Å². The van der Waals surface area contributed by atoms with Crippen molar-refractivity contribution in [3.8, 4) is 11.5 Å². The monoisotopic (exact) mass is 392 g/mol. The number of likely N-dealkylation sites (N-methyl/N-ethyl adjacent to an activating group) is 1. The van der Waals surface area contributed by atoms with Crippen molar-refractivity contribution in [1.82, 2.24) is 4.90 Å². The molecule has 7 heteroatoms. The number of ether oxygens (including phenoxy) is 2. The molecule has 0 heterocycles. The minimum Gasteiger partial charge on any atom is -0.493 e. The number of hydrogen-bond donors (Lipinski definition) is 1. The maximum Gasteiger partial charge on any atom is 0.387 e. The zero-order chi connectivity index (χ0) is 20.7. The van der Waals surface area contributed by atoms with Gasteiger partial charge in [0.2, 0.25) is 5.91 Å². The molecule has 0 aliphatic carbocycles. The van der Waals surface area contributed by atoms with Gasteiger partial charge in [-0.25, -0.2) is 0 Å². The lowest BCUT2D eigenvalue weighted by Gasteiger charge is -2.19. The van der Waals surface area contributed by atoms with E-state index in [-0.39, 0.29) is 24.0 Å². The second kappa shape index (κ2) is 10.0. The molecule has 0 saturated carbocycles. The van der Waals surface area contributed by atoms with Crippen LogP contribution in [0.4, 0.5) is 14.5 Å². The van der Waals surface area contributed by atoms with E-state index in [0.29, 0.717) is 12.5 Å². The largest absolute Gasteiger partial charge is 0.493 e. The van der Waals surface area contributed by atoms with Crippen molar-refractivity contribution in [3.63, 3.8) is 0 Å². The summed E-state index contributed by atoms with van der Waals surface area (Å²) >= 11 is 0. The molecule has 0 unspecified atom stereocenters. The fourth-order valence-electron chi connectivity index (χ4n) is 2.92. The topological polar surface area (TPSA) is 50.8 Å². The van der Waals surface area contributed by atoms with Gasteiger partial charge >= 0.3 is 6.61 Å². The molecule has 1 N–H and O–H groups in total. The highest BCUT2D eigenvalue weighted by atomic mass is 19.3. The maximum absolute atomic E-state index is 12.4. The fraction of sp³-hybridized carbons (Fsp3) is 0.381. The Morgan fingerprint density at radius 3 is 2.50 bits per heavy atom. The van der Waals surface area contributed by atoms with Gasteiger partial charge in [-0.15, -0.1) is 0 Å². The summed E-state index contributed by atoms with van der Waals surface area (Å²) in [6.07, 6.45) is 0. The summed E-state index contributed by atoms with van der Waals surface area (Å²) < 4.78 is 34.4. The summed E-state index contributed by atoms with van der Waals surface area (Å²) in [5.74, 6) is 0.379. The first-order valence-electron chi connectivity index (χ1n) is 8.99. The first-order chi connectivity index (χ1) is 13.3. The van der Waals surface area contributed by atoms with Crippen LogP contribution in [-0.2, 0) is 11.3 Å². The average Bonchev–Trinajstić information content (AvgIpc) is 2.62. The summed E-state index contributed by atoms with van der Waals surface area (Å²) in [4.78, 5) is 14.2. The summed E-state index contributed by atoms with van der Waals surface area (Å²) in [6, 6.07) is 12.5. The molecular formula is C21H26F2N2O3. The zero-order valence-corrected chi connectivity index (χ0v) is 16.5. The third-order valence-electron chi connectivity index (χ3n) is 4.17. The van der Waals surface area contributed by atoms with E-state index in [1.54, 1.807) is 12.1 Å². The highest BCUT2D eigenvalue weighted by molar-refractivity contribution is 5.93. The van der Waals surface area contributed by atoms with Gasteiger partial charge in [-0.3, -0.25) is 9.69 Å². The molecule has 28 heavy (non-hydrogen) atoms. The second-order valence-electron chi connectivity index (χ2n) is 6.83. The van der Waals surface area contributed by atoms with Gasteiger partial charge in [-0.05, 0) is 42.3 Å². The number of halogens is 2. The van der Waals surface area contributed by atoms with Crippen molar-refractivity contribution in [2.45, 2.75) is 32.9 Å². The molecule has 0 spiro atoms. The van der Waals surface area contributed by atoms with Gasteiger partial charge in [0.25, 0.3) is 0 Å². The normalized spacial score (nSPS) is 11.2. The molecule has 2 aromatic rings. The molecule has 0 aliphatic rings. The van der Waals surface area contributed by atoms with Gasteiger partial charge in [0.1, 0.15) is 0 Å². The molecule has 0 fully saturated rings. The number of para-hydroxylation sites is 1. The lowest BCUT2D eigenvalue weighted by atomic mass is 10.0. The number of hydrogen-bond acceptors (Lipinski definition) is 4. The molecule has 0 bridgehead atoms. The third-order valence-corrected chi connectivity index (χ3v) is 4.17. The van der Waals surface area contributed by atoms with Crippen LogP contribution in [0.3, 0.4) is 0 Å². The minimum absolute atomic E-state index is 0.0214. The minimum atomic E-state index is -2.92. The predicted octanol–water partition coefficient (Wildman–Crippen LogP) is 4.49. The number of rotatable bonds is 9. The molecule has 2 rings (SSSR count). The van der Waals surface area contributed by atoms with Crippen LogP contribution >= 0.6 is 0 Å². The maximum atomic E-state index is 12.4. The fourth-order valence-corrected chi connectivity index (χ4v) is 2.92. The Bertz CT molecular complexity index is 797. The van der Waals surface area contributed by atoms with Crippen LogP contribution in [0, 0.1) is 0 Å². The van der Waals surface area contributed by atoms with Crippen LogP contribution in [0.1, 0.15) is 30.9 Å². The lowest BCUT2D eigenvalue weighted by Crippen LogP contribution is -2.30. The molecule has 0 saturated heterocycles. The summed E-state index contributed by atoms with van der Waals surface area (Å²) in [6.45, 7) is 1.87. The van der Waals surface area contributed by atoms with Crippen molar-refractivity contribution in [2.24, 2.45) is 0 Å². The van der Waals surface area contributed by atoms with Gasteiger partial charge in [-0.1, -0.05) is 38.1 Å². The number of methoxy groups -OCH3 is 1. The number of benzene rings is 2. The molecular weight excluding hydrogens is 366 g/mol. The van der Waals surface area contributed by atoms with Gasteiger partial charge < -0.3 is 14.8 Å². The summed E-state index contributed by atoms with van der Waals surface area (Å²) in [5, 5.41) is 2.95. The van der Waals surface area contributed by atoms with Gasteiger partial charge in [0.05, 0.1) is 13.7 Å². The Balaban J connectivity index is 1.98. The number of alkyl halides is 2. The number of carbonyl (C=O) groups excluding carboxylic acids is 1. The molecule has 1 amide bonds. The average molecular weight is 392 g/mol. The first-order valence-corrected chi connectivity index (χ1v) is 8.99. The highest BCUT2D eigenvalue weighted by Gasteiger charge is 2.14. The van der Waals surface area contributed by atoms with Crippen LogP contribution < -0.4 is 14.8 Å². The molecule has 0 radical (unpaired) electrons. The SMILES string of the molecule is COc1cc(CN(C)CC(=O)Nc2ccccc2C(C)C)ccc1OC(F)F. The first kappa shape index (κ1) is 21.6. The quantitative estimate of drug-likeness (QED) is 0.683. The molecule has 5 nitrogen and oxygen atoms in total. The van der Waals surface area contributed by atoms with E-state index in [9.17, 15) is 13.6 Å². The number of amides is 1. The Morgan fingerprint density at radius 1 is 1.14 bits per heavy atom. The Labute approximate surface area is 164 Å². The van der Waals surface area contributed by atoms with Crippen molar-refractivity contribution in [1.29, 1.82) is 0 Å². The molecule has 0 aromatic heterocycles. The predicted molar refractivity (Wildman–Crippen MR) is 105 cm³/mol. The van der Waals surface area contributed by atoms with Crippen LogP contribution in [0.15, 0.2) is 42.5 Å². The third kappa shape index (κ3) is 6.20. The van der Waals surface area contributed by atoms with Crippen molar-refractivity contribution in [3.05, 3.63) is 53.6 Å². The van der Waals surface area contributed by atoms with Crippen molar-refractivity contribution < 1.29 is 23.0 Å². The Kier molecular flexibility index (Phi) is 7.75. The number of nitrogens with zero attached hydrogens (tertiary/aromatic N) is 1. The standard InChI is InChI=1S/C21H26F2N2O3/c1-14(2)16-7-5-6-8-17(16)24-20(26)13-25(3)12-15-9-10-18(28-21(22)23)19(11-15)27-4/h5-11,14,21H,12-13H2,1-4H3,(H,24,26). The van der Waals surface area contributed by atoms with Crippen LogP contribution in [-0.4, -0.2) is 38.1 Å². The second-order valence-corrected chi connectivity index (χ2v) is 6.83. The van der Waals surface area contributed by atoms with Crippen molar-refractivity contribution >= 4 is 11.6 Å². The smallest absolute Gasteiger partial charge is 0.387 e. The van der Waals surface area contributed by atoms with E-state index in [4.69, 9.17) is 4.74 Å². The van der Waals surface area contributed by atoms with E-state index in [2.05, 4.69) is 23.9 Å². The van der Waals surface area contributed by atoms with Crippen LogP contribution in [0.5, 0.6) is 11.5 Å². The zero-order valence-electron chi connectivity index (χ0n) is 16.5.